The van der Waals surface area contributed by atoms with Crippen LogP contribution in [0.25, 0.3) is 0 Å². The molecule has 0 amide bonds. The van der Waals surface area contributed by atoms with Crippen molar-refractivity contribution in [1.29, 1.82) is 0 Å². The third-order valence-electron chi connectivity index (χ3n) is 4.34. The molecule has 0 aliphatic carbocycles. The molecule has 0 fully saturated rings. The molecular weight excluding hydrogens is 303 g/mol. The Bertz CT molecular complexity index is 346. The lowest BCUT2D eigenvalue weighted by molar-refractivity contribution is -0.147. The molecule has 132 valence electrons. The maximum Gasteiger partial charge on any atom is 0.342 e. The number of ether oxygens (including phenoxy) is 1. The molecule has 0 rings (SSSR count). The summed E-state index contributed by atoms with van der Waals surface area (Å²) in [5, 5.41) is -1.67. The van der Waals surface area contributed by atoms with Gasteiger partial charge in [0.2, 0.25) is 0 Å². The van der Waals surface area contributed by atoms with Gasteiger partial charge < -0.3 is 14.5 Å². The van der Waals surface area contributed by atoms with Crippen molar-refractivity contribution < 1.29 is 23.9 Å². The molecule has 0 saturated heterocycles. The molecule has 2 N–H and O–H groups in total. The zero-order chi connectivity index (χ0) is 17.1. The molecule has 0 unspecified atom stereocenters. The van der Waals surface area contributed by atoms with Gasteiger partial charge in [0.15, 0.2) is 5.16 Å². The van der Waals surface area contributed by atoms with Crippen molar-refractivity contribution in [2.45, 2.75) is 90.1 Å². The number of hydrogen-bond donors (Lipinski definition) is 2. The Morgan fingerprint density at radius 1 is 0.909 bits per heavy atom. The first-order chi connectivity index (χ1) is 10.4. The molecule has 0 aliphatic heterocycles. The fourth-order valence-electron chi connectivity index (χ4n) is 2.60. The topological polar surface area (TPSA) is 83.8 Å². The zero-order valence-electron chi connectivity index (χ0n) is 14.3. The van der Waals surface area contributed by atoms with Crippen LogP contribution >= 0.6 is 7.60 Å². The molecule has 0 aromatic rings. The molecule has 5 nitrogen and oxygen atoms in total. The van der Waals surface area contributed by atoms with Crippen molar-refractivity contribution in [3.63, 3.8) is 0 Å². The highest BCUT2D eigenvalue weighted by molar-refractivity contribution is 7.54. The Labute approximate surface area is 135 Å². The van der Waals surface area contributed by atoms with Crippen LogP contribution in [0.4, 0.5) is 0 Å². The summed E-state index contributed by atoms with van der Waals surface area (Å²) in [4.78, 5) is 31.0. The molecule has 0 spiro atoms. The van der Waals surface area contributed by atoms with E-state index < -0.39 is 18.7 Å². The Hall–Kier alpha value is -0.380. The van der Waals surface area contributed by atoms with E-state index in [1.165, 1.54) is 32.1 Å². The average molecular weight is 336 g/mol. The number of carbonyl (C=O) groups is 1. The first-order valence-electron chi connectivity index (χ1n) is 8.58. The molecule has 0 radical (unpaired) electrons. The smallest absolute Gasteiger partial charge is 0.342 e. The fourth-order valence-corrected chi connectivity index (χ4v) is 3.73. The predicted molar refractivity (Wildman–Crippen MR) is 88.9 cm³/mol. The van der Waals surface area contributed by atoms with Gasteiger partial charge in [0.05, 0.1) is 6.61 Å². The van der Waals surface area contributed by atoms with E-state index in [0.717, 1.165) is 19.3 Å². The summed E-state index contributed by atoms with van der Waals surface area (Å²) in [6, 6.07) is 0. The molecule has 0 saturated carbocycles. The average Bonchev–Trinajstić information content (AvgIpc) is 2.46. The van der Waals surface area contributed by atoms with E-state index in [2.05, 4.69) is 6.92 Å². The summed E-state index contributed by atoms with van der Waals surface area (Å²) in [5.74, 6) is -0.756. The minimum atomic E-state index is -4.51. The van der Waals surface area contributed by atoms with E-state index in [4.69, 9.17) is 4.74 Å². The second kappa shape index (κ2) is 11.2. The monoisotopic (exact) mass is 336 g/mol. The number of unbranched alkanes of at least 4 members (excludes halogenated alkanes) is 7. The summed E-state index contributed by atoms with van der Waals surface area (Å²) in [6.45, 7) is 5.66. The van der Waals surface area contributed by atoms with Crippen LogP contribution in [0.3, 0.4) is 0 Å². The highest BCUT2D eigenvalue weighted by Crippen LogP contribution is 2.55. The molecular formula is C16H33O5P. The minimum Gasteiger partial charge on any atom is -0.465 e. The van der Waals surface area contributed by atoms with Gasteiger partial charge in [-0.1, -0.05) is 65.7 Å². The van der Waals surface area contributed by atoms with Gasteiger partial charge in [-0.15, -0.1) is 0 Å². The van der Waals surface area contributed by atoms with Crippen molar-refractivity contribution >= 4 is 13.6 Å². The summed E-state index contributed by atoms with van der Waals surface area (Å²) < 4.78 is 16.7. The third kappa shape index (κ3) is 6.80. The second-order valence-corrected chi connectivity index (χ2v) is 7.84. The lowest BCUT2D eigenvalue weighted by atomic mass is 10.0. The van der Waals surface area contributed by atoms with E-state index in [0.29, 0.717) is 0 Å². The lowest BCUT2D eigenvalue weighted by Gasteiger charge is -2.29. The molecule has 0 aromatic carbocycles. The lowest BCUT2D eigenvalue weighted by Crippen LogP contribution is -2.39. The van der Waals surface area contributed by atoms with E-state index in [-0.39, 0.29) is 19.4 Å². The number of carbonyl (C=O) groups excluding carboxylic acids is 1. The molecule has 22 heavy (non-hydrogen) atoms. The van der Waals surface area contributed by atoms with Crippen molar-refractivity contribution in [2.75, 3.05) is 6.61 Å². The van der Waals surface area contributed by atoms with E-state index in [9.17, 15) is 19.1 Å². The van der Waals surface area contributed by atoms with Gasteiger partial charge in [0, 0.05) is 0 Å². The molecule has 0 heterocycles. The van der Waals surface area contributed by atoms with Crippen LogP contribution in [0.1, 0.15) is 85.0 Å². The van der Waals surface area contributed by atoms with E-state index in [1.54, 1.807) is 13.8 Å². The molecule has 0 bridgehead atoms. The highest BCUT2D eigenvalue weighted by atomic mass is 31.2. The third-order valence-corrected chi connectivity index (χ3v) is 6.27. The van der Waals surface area contributed by atoms with Crippen LogP contribution in [0.2, 0.25) is 0 Å². The minimum absolute atomic E-state index is 0.0873. The van der Waals surface area contributed by atoms with Crippen molar-refractivity contribution in [3.8, 4) is 0 Å². The quantitative estimate of drug-likeness (QED) is 0.296. The molecule has 0 aromatic heterocycles. The first-order valence-corrected chi connectivity index (χ1v) is 10.2. The van der Waals surface area contributed by atoms with Crippen LogP contribution in [0.5, 0.6) is 0 Å². The van der Waals surface area contributed by atoms with E-state index >= 15 is 0 Å². The number of rotatable bonds is 13. The molecule has 0 atom stereocenters. The Balaban J connectivity index is 4.00. The van der Waals surface area contributed by atoms with E-state index in [1.807, 2.05) is 0 Å². The number of hydrogen-bond acceptors (Lipinski definition) is 3. The summed E-state index contributed by atoms with van der Waals surface area (Å²) in [7, 11) is -4.51. The maximum absolute atomic E-state index is 12.1. The van der Waals surface area contributed by atoms with Crippen molar-refractivity contribution in [1.82, 2.24) is 0 Å². The summed E-state index contributed by atoms with van der Waals surface area (Å²) >= 11 is 0. The molecule has 0 aliphatic rings. The molecule has 6 heteroatoms. The van der Waals surface area contributed by atoms with Gasteiger partial charge in [0.1, 0.15) is 0 Å². The Morgan fingerprint density at radius 3 is 1.77 bits per heavy atom. The number of esters is 1. The Morgan fingerprint density at radius 2 is 1.36 bits per heavy atom. The zero-order valence-corrected chi connectivity index (χ0v) is 15.2. The van der Waals surface area contributed by atoms with Gasteiger partial charge in [-0.3, -0.25) is 9.36 Å². The van der Waals surface area contributed by atoms with Gasteiger partial charge in [-0.2, -0.15) is 0 Å². The standard InChI is InChI=1S/C16H33O5P/c1-4-7-8-9-10-11-12-13-14-21-15(17)16(5-2,6-3)22(18,19)20/h4-14H2,1-3H3,(H2,18,19,20). The fraction of sp³-hybridized carbons (Fsp3) is 0.938. The summed E-state index contributed by atoms with van der Waals surface area (Å²) in [6.07, 6.45) is 9.29. The van der Waals surface area contributed by atoms with Gasteiger partial charge >= 0.3 is 13.6 Å². The largest absolute Gasteiger partial charge is 0.465 e. The van der Waals surface area contributed by atoms with Gasteiger partial charge in [0.25, 0.3) is 0 Å². The second-order valence-electron chi connectivity index (χ2n) is 5.89. The van der Waals surface area contributed by atoms with Crippen LogP contribution in [0, 0.1) is 0 Å². The Kier molecular flexibility index (Phi) is 11.0. The van der Waals surface area contributed by atoms with Gasteiger partial charge in [-0.05, 0) is 19.3 Å². The van der Waals surface area contributed by atoms with Crippen molar-refractivity contribution in [2.24, 2.45) is 0 Å². The van der Waals surface area contributed by atoms with Crippen LogP contribution in [0.15, 0.2) is 0 Å². The SMILES string of the molecule is CCCCCCCCCCOC(=O)C(CC)(CC)P(=O)(O)O. The maximum atomic E-state index is 12.1. The van der Waals surface area contributed by atoms with Crippen LogP contribution in [-0.2, 0) is 14.1 Å². The van der Waals surface area contributed by atoms with Crippen molar-refractivity contribution in [3.05, 3.63) is 0 Å². The summed E-state index contributed by atoms with van der Waals surface area (Å²) in [5.41, 5.74) is 0. The predicted octanol–water partition coefficient (Wildman–Crippen LogP) is 4.41. The van der Waals surface area contributed by atoms with Crippen LogP contribution < -0.4 is 0 Å². The normalized spacial score (nSPS) is 12.4. The highest BCUT2D eigenvalue weighted by Gasteiger charge is 2.51. The van der Waals surface area contributed by atoms with Gasteiger partial charge in [-0.25, -0.2) is 0 Å². The first kappa shape index (κ1) is 21.6. The van der Waals surface area contributed by atoms with Crippen LogP contribution in [-0.4, -0.2) is 27.5 Å².